The Morgan fingerprint density at radius 3 is 2.48 bits per heavy atom. The van der Waals surface area contributed by atoms with Crippen molar-refractivity contribution in [2.24, 2.45) is 0 Å². The molecular weight excluding hydrogens is 274 g/mol. The fraction of sp³-hybridized carbons (Fsp3) is 0.533. The Balaban J connectivity index is 2.31. The first kappa shape index (κ1) is 15.3. The number of carboxylic acid groups (broad SMARTS) is 1. The summed E-state index contributed by atoms with van der Waals surface area (Å²) in [7, 11) is 0. The van der Waals surface area contributed by atoms with Gasteiger partial charge in [-0.2, -0.15) is 0 Å². The Morgan fingerprint density at radius 1 is 1.38 bits per heavy atom. The van der Waals surface area contributed by atoms with E-state index < -0.39 is 23.1 Å². The molecule has 21 heavy (non-hydrogen) atoms. The third-order valence-electron chi connectivity index (χ3n) is 3.11. The van der Waals surface area contributed by atoms with Crippen LogP contribution in [0.4, 0.5) is 0 Å². The maximum absolute atomic E-state index is 12.1. The van der Waals surface area contributed by atoms with Crippen molar-refractivity contribution in [2.75, 3.05) is 0 Å². The van der Waals surface area contributed by atoms with Crippen molar-refractivity contribution < 1.29 is 19.4 Å². The minimum atomic E-state index is -1.28. The van der Waals surface area contributed by atoms with Crippen LogP contribution in [0.25, 0.3) is 0 Å². The van der Waals surface area contributed by atoms with E-state index in [1.807, 2.05) is 0 Å². The largest absolute Gasteiger partial charge is 0.477 e. The molecule has 1 saturated carbocycles. The Morgan fingerprint density at radius 2 is 2.00 bits per heavy atom. The minimum Gasteiger partial charge on any atom is -0.477 e. The maximum Gasteiger partial charge on any atom is 0.341 e. The molecule has 1 N–H and O–H groups in total. The number of hydrogen-bond acceptors (Lipinski definition) is 4. The standard InChI is InChI=1S/C15H19NO5/c1-15(2,3)21-12(17)8-16-7-10(9-4-5-9)6-11(13(16)18)14(19)20/h6-7,9H,4-5,8H2,1-3H3,(H,19,20). The molecular formula is C15H19NO5. The highest BCUT2D eigenvalue weighted by molar-refractivity contribution is 5.87. The van der Waals surface area contributed by atoms with Crippen LogP contribution in [0.3, 0.4) is 0 Å². The van der Waals surface area contributed by atoms with Gasteiger partial charge in [0.2, 0.25) is 0 Å². The van der Waals surface area contributed by atoms with Crippen LogP contribution >= 0.6 is 0 Å². The van der Waals surface area contributed by atoms with Gasteiger partial charge in [-0.25, -0.2) is 4.79 Å². The fourth-order valence-electron chi connectivity index (χ4n) is 2.08. The molecule has 0 bridgehead atoms. The molecule has 0 saturated heterocycles. The van der Waals surface area contributed by atoms with Crippen LogP contribution in [-0.4, -0.2) is 27.2 Å². The summed E-state index contributed by atoms with van der Waals surface area (Å²) in [6.45, 7) is 4.92. The number of rotatable bonds is 4. The first-order valence-corrected chi connectivity index (χ1v) is 6.87. The van der Waals surface area contributed by atoms with E-state index in [4.69, 9.17) is 9.84 Å². The Hall–Kier alpha value is -2.11. The van der Waals surface area contributed by atoms with Gasteiger partial charge in [-0.05, 0) is 51.2 Å². The average molecular weight is 293 g/mol. The Bertz CT molecular complexity index is 634. The molecule has 0 radical (unpaired) electrons. The number of pyridine rings is 1. The van der Waals surface area contributed by atoms with Crippen molar-refractivity contribution in [3.8, 4) is 0 Å². The zero-order valence-corrected chi connectivity index (χ0v) is 12.4. The van der Waals surface area contributed by atoms with Crippen molar-refractivity contribution in [2.45, 2.75) is 51.7 Å². The van der Waals surface area contributed by atoms with Gasteiger partial charge in [0.15, 0.2) is 0 Å². The van der Waals surface area contributed by atoms with Gasteiger partial charge in [-0.1, -0.05) is 0 Å². The summed E-state index contributed by atoms with van der Waals surface area (Å²) in [4.78, 5) is 35.1. The van der Waals surface area contributed by atoms with Crippen LogP contribution in [0.1, 0.15) is 55.5 Å². The number of ether oxygens (including phenoxy) is 1. The molecule has 114 valence electrons. The van der Waals surface area contributed by atoms with E-state index in [-0.39, 0.29) is 18.0 Å². The van der Waals surface area contributed by atoms with Gasteiger partial charge in [-0.3, -0.25) is 9.59 Å². The zero-order chi connectivity index (χ0) is 15.8. The lowest BCUT2D eigenvalue weighted by Gasteiger charge is -2.20. The Kier molecular flexibility index (Phi) is 3.89. The summed E-state index contributed by atoms with van der Waals surface area (Å²) in [5.41, 5.74) is -0.846. The monoisotopic (exact) mass is 293 g/mol. The quantitative estimate of drug-likeness (QED) is 0.855. The van der Waals surface area contributed by atoms with Crippen LogP contribution in [0, 0.1) is 0 Å². The summed E-state index contributed by atoms with van der Waals surface area (Å²) in [6.07, 6.45) is 3.52. The molecule has 2 rings (SSSR count). The van der Waals surface area contributed by atoms with Crippen molar-refractivity contribution in [3.63, 3.8) is 0 Å². The van der Waals surface area contributed by atoms with E-state index >= 15 is 0 Å². The molecule has 0 atom stereocenters. The summed E-state index contributed by atoms with van der Waals surface area (Å²) in [5.74, 6) is -1.55. The molecule has 6 nitrogen and oxygen atoms in total. The second-order valence-electron chi connectivity index (χ2n) is 6.29. The van der Waals surface area contributed by atoms with E-state index in [0.717, 1.165) is 23.0 Å². The predicted octanol–water partition coefficient (Wildman–Crippen LogP) is 1.77. The van der Waals surface area contributed by atoms with E-state index in [1.54, 1.807) is 27.0 Å². The SMILES string of the molecule is CC(C)(C)OC(=O)Cn1cc(C2CC2)cc(C(=O)O)c1=O. The van der Waals surface area contributed by atoms with E-state index in [2.05, 4.69) is 0 Å². The lowest BCUT2D eigenvalue weighted by molar-refractivity contribution is -0.155. The highest BCUT2D eigenvalue weighted by atomic mass is 16.6. The number of carboxylic acids is 1. The molecule has 1 aliphatic rings. The van der Waals surface area contributed by atoms with Crippen molar-refractivity contribution in [1.82, 2.24) is 4.57 Å². The number of hydrogen-bond donors (Lipinski definition) is 1. The van der Waals surface area contributed by atoms with Crippen LogP contribution in [-0.2, 0) is 16.1 Å². The van der Waals surface area contributed by atoms with Crippen molar-refractivity contribution >= 4 is 11.9 Å². The molecule has 0 unspecified atom stereocenters. The molecule has 1 aromatic rings. The normalized spacial score (nSPS) is 14.8. The molecule has 0 aromatic carbocycles. The second kappa shape index (κ2) is 5.35. The molecule has 1 heterocycles. The van der Waals surface area contributed by atoms with E-state index in [9.17, 15) is 14.4 Å². The van der Waals surface area contributed by atoms with E-state index in [0.29, 0.717) is 0 Å². The lowest BCUT2D eigenvalue weighted by atomic mass is 10.1. The molecule has 6 heteroatoms. The number of carbonyl (C=O) groups is 2. The molecule has 1 aromatic heterocycles. The number of aromatic carboxylic acids is 1. The molecule has 0 amide bonds. The van der Waals surface area contributed by atoms with Crippen LogP contribution in [0.5, 0.6) is 0 Å². The second-order valence-corrected chi connectivity index (χ2v) is 6.29. The van der Waals surface area contributed by atoms with Crippen LogP contribution in [0.15, 0.2) is 17.1 Å². The fourth-order valence-corrected chi connectivity index (χ4v) is 2.08. The minimum absolute atomic E-state index is 0.281. The van der Waals surface area contributed by atoms with Crippen LogP contribution in [0.2, 0.25) is 0 Å². The van der Waals surface area contributed by atoms with E-state index in [1.165, 1.54) is 6.07 Å². The van der Waals surface area contributed by atoms with Gasteiger partial charge in [0, 0.05) is 6.20 Å². The first-order chi connectivity index (χ1) is 9.67. The van der Waals surface area contributed by atoms with Gasteiger partial charge >= 0.3 is 11.9 Å². The molecule has 0 spiro atoms. The van der Waals surface area contributed by atoms with Gasteiger partial charge < -0.3 is 14.4 Å². The summed E-state index contributed by atoms with van der Waals surface area (Å²) < 4.78 is 6.30. The maximum atomic E-state index is 12.1. The van der Waals surface area contributed by atoms with Gasteiger partial charge in [-0.15, -0.1) is 0 Å². The summed E-state index contributed by atoms with van der Waals surface area (Å²) in [6, 6.07) is 1.41. The molecule has 1 fully saturated rings. The van der Waals surface area contributed by atoms with Gasteiger partial charge in [0.25, 0.3) is 5.56 Å². The zero-order valence-electron chi connectivity index (χ0n) is 12.4. The highest BCUT2D eigenvalue weighted by Crippen LogP contribution is 2.39. The predicted molar refractivity (Wildman–Crippen MR) is 75.5 cm³/mol. The summed E-state index contributed by atoms with van der Waals surface area (Å²) >= 11 is 0. The van der Waals surface area contributed by atoms with Crippen molar-refractivity contribution in [1.29, 1.82) is 0 Å². The number of carbonyl (C=O) groups excluding carboxylic acids is 1. The lowest BCUT2D eigenvalue weighted by Crippen LogP contribution is -2.32. The van der Waals surface area contributed by atoms with Gasteiger partial charge in [0.05, 0.1) is 0 Å². The topological polar surface area (TPSA) is 85.6 Å². The molecule has 1 aliphatic carbocycles. The number of esters is 1. The summed E-state index contributed by atoms with van der Waals surface area (Å²) in [5, 5.41) is 9.11. The molecule has 0 aliphatic heterocycles. The number of aromatic nitrogens is 1. The van der Waals surface area contributed by atoms with Crippen molar-refractivity contribution in [3.05, 3.63) is 33.7 Å². The van der Waals surface area contributed by atoms with Crippen LogP contribution < -0.4 is 5.56 Å². The smallest absolute Gasteiger partial charge is 0.341 e. The third-order valence-corrected chi connectivity index (χ3v) is 3.11. The third kappa shape index (κ3) is 3.93. The average Bonchev–Trinajstić information content (AvgIpc) is 3.12. The highest BCUT2D eigenvalue weighted by Gasteiger charge is 2.27. The number of nitrogens with zero attached hydrogens (tertiary/aromatic N) is 1. The Labute approximate surface area is 122 Å². The first-order valence-electron chi connectivity index (χ1n) is 6.87. The van der Waals surface area contributed by atoms with Gasteiger partial charge in [0.1, 0.15) is 17.7 Å².